The number of hydrogen-bond acceptors (Lipinski definition) is 3. The fourth-order valence-electron chi connectivity index (χ4n) is 1.12. The minimum absolute atomic E-state index is 0.00198. The molecule has 0 spiro atoms. The molecule has 0 heterocycles. The molecule has 0 aromatic heterocycles. The van der Waals surface area contributed by atoms with Crippen molar-refractivity contribution in [2.75, 3.05) is 6.61 Å². The highest BCUT2D eigenvalue weighted by Crippen LogP contribution is 2.12. The molecule has 0 unspecified atom stereocenters. The molecule has 3 nitrogen and oxygen atoms in total. The number of nitrogens with zero attached hydrogens (tertiary/aromatic N) is 1. The van der Waals surface area contributed by atoms with Gasteiger partial charge >= 0.3 is 0 Å². The van der Waals surface area contributed by atoms with Gasteiger partial charge < -0.3 is 4.74 Å². The molecule has 1 aromatic carbocycles. The second-order valence-corrected chi connectivity index (χ2v) is 3.89. The molecule has 84 valence electrons. The van der Waals surface area contributed by atoms with E-state index in [1.165, 1.54) is 0 Å². The summed E-state index contributed by atoms with van der Waals surface area (Å²) < 4.78 is 5.33. The van der Waals surface area contributed by atoms with Crippen LogP contribution < -0.4 is 4.74 Å². The summed E-state index contributed by atoms with van der Waals surface area (Å²) in [5.74, 6) is 0.745. The molecule has 0 N–H and O–H groups in total. The first-order valence-electron chi connectivity index (χ1n) is 5.25. The van der Waals surface area contributed by atoms with E-state index in [4.69, 9.17) is 10.00 Å². The number of ether oxygens (including phenoxy) is 1. The van der Waals surface area contributed by atoms with Crippen molar-refractivity contribution in [3.8, 4) is 11.8 Å². The highest BCUT2D eigenvalue weighted by atomic mass is 16.5. The standard InChI is InChI=1S/C13H15NO2/c1-10(2)13(15)9-16-12-5-3-11(4-6-12)7-8-14/h3-6,10H,7,9H2,1-2H3. The number of nitriles is 1. The van der Waals surface area contributed by atoms with Crippen LogP contribution in [0.2, 0.25) is 0 Å². The van der Waals surface area contributed by atoms with Gasteiger partial charge in [-0.1, -0.05) is 26.0 Å². The van der Waals surface area contributed by atoms with Gasteiger partial charge in [0.1, 0.15) is 12.4 Å². The van der Waals surface area contributed by atoms with Gasteiger partial charge in [-0.3, -0.25) is 4.79 Å². The molecule has 0 atom stereocenters. The van der Waals surface area contributed by atoms with Crippen molar-refractivity contribution in [1.29, 1.82) is 5.26 Å². The summed E-state index contributed by atoms with van der Waals surface area (Å²) >= 11 is 0. The van der Waals surface area contributed by atoms with Crippen LogP contribution in [0.25, 0.3) is 0 Å². The second-order valence-electron chi connectivity index (χ2n) is 3.89. The van der Waals surface area contributed by atoms with E-state index < -0.39 is 0 Å². The van der Waals surface area contributed by atoms with Crippen molar-refractivity contribution in [1.82, 2.24) is 0 Å². The predicted octanol–water partition coefficient (Wildman–Crippen LogP) is 2.36. The molecule has 0 bridgehead atoms. The van der Waals surface area contributed by atoms with E-state index in [2.05, 4.69) is 6.07 Å². The molecular formula is C13H15NO2. The summed E-state index contributed by atoms with van der Waals surface area (Å²) in [6.45, 7) is 3.80. The molecule has 0 aliphatic carbocycles. The molecular weight excluding hydrogens is 202 g/mol. The Balaban J connectivity index is 2.50. The lowest BCUT2D eigenvalue weighted by Gasteiger charge is -2.07. The van der Waals surface area contributed by atoms with Crippen molar-refractivity contribution in [2.24, 2.45) is 5.92 Å². The van der Waals surface area contributed by atoms with E-state index in [0.29, 0.717) is 12.2 Å². The van der Waals surface area contributed by atoms with Crippen LogP contribution in [0, 0.1) is 17.2 Å². The maximum atomic E-state index is 11.3. The Kier molecular flexibility index (Phi) is 4.53. The number of Topliss-reactive ketones (excluding diaryl/α,β-unsaturated/α-hetero) is 1. The van der Waals surface area contributed by atoms with E-state index in [9.17, 15) is 4.79 Å². The Bertz CT molecular complexity index is 387. The minimum atomic E-state index is -0.00198. The van der Waals surface area contributed by atoms with Crippen molar-refractivity contribution >= 4 is 5.78 Å². The van der Waals surface area contributed by atoms with Gasteiger partial charge in [-0.05, 0) is 17.7 Å². The molecule has 0 radical (unpaired) electrons. The lowest BCUT2D eigenvalue weighted by Crippen LogP contribution is -2.16. The molecule has 0 saturated carbocycles. The van der Waals surface area contributed by atoms with E-state index in [0.717, 1.165) is 5.56 Å². The first-order chi connectivity index (χ1) is 7.63. The molecule has 1 rings (SSSR count). The Hall–Kier alpha value is -1.82. The maximum Gasteiger partial charge on any atom is 0.172 e. The zero-order chi connectivity index (χ0) is 12.0. The van der Waals surface area contributed by atoms with Crippen molar-refractivity contribution < 1.29 is 9.53 Å². The summed E-state index contributed by atoms with van der Waals surface area (Å²) in [4.78, 5) is 11.3. The van der Waals surface area contributed by atoms with Crippen LogP contribution in [0.3, 0.4) is 0 Å². The molecule has 16 heavy (non-hydrogen) atoms. The number of rotatable bonds is 5. The van der Waals surface area contributed by atoms with Gasteiger partial charge in [0.15, 0.2) is 5.78 Å². The SMILES string of the molecule is CC(C)C(=O)COc1ccc(CC#N)cc1. The van der Waals surface area contributed by atoms with E-state index in [1.807, 2.05) is 26.0 Å². The number of hydrogen-bond donors (Lipinski definition) is 0. The molecule has 3 heteroatoms. The lowest BCUT2D eigenvalue weighted by molar-refractivity contribution is -0.123. The van der Waals surface area contributed by atoms with Crippen LogP contribution in [-0.4, -0.2) is 12.4 Å². The molecule has 1 aromatic rings. The van der Waals surface area contributed by atoms with Crippen molar-refractivity contribution in [2.45, 2.75) is 20.3 Å². The van der Waals surface area contributed by atoms with E-state index in [-0.39, 0.29) is 18.3 Å². The highest BCUT2D eigenvalue weighted by molar-refractivity contribution is 5.81. The third-order valence-corrected chi connectivity index (χ3v) is 2.23. The summed E-state index contributed by atoms with van der Waals surface area (Å²) in [6, 6.07) is 9.29. The van der Waals surface area contributed by atoms with Crippen molar-refractivity contribution in [3.05, 3.63) is 29.8 Å². The quantitative estimate of drug-likeness (QED) is 0.760. The average molecular weight is 217 g/mol. The molecule has 0 saturated heterocycles. The Morgan fingerprint density at radius 3 is 2.50 bits per heavy atom. The average Bonchev–Trinajstić information content (AvgIpc) is 2.28. The number of carbonyl (C=O) groups is 1. The summed E-state index contributed by atoms with van der Waals surface area (Å²) in [5.41, 5.74) is 0.949. The minimum Gasteiger partial charge on any atom is -0.486 e. The number of benzene rings is 1. The predicted molar refractivity (Wildman–Crippen MR) is 61.1 cm³/mol. The van der Waals surface area contributed by atoms with Crippen LogP contribution in [0.1, 0.15) is 19.4 Å². The van der Waals surface area contributed by atoms with Gasteiger partial charge in [0.05, 0.1) is 12.5 Å². The van der Waals surface area contributed by atoms with Gasteiger partial charge in [-0.15, -0.1) is 0 Å². The summed E-state index contributed by atoms with van der Waals surface area (Å²) in [5, 5.41) is 8.50. The molecule has 0 fully saturated rings. The molecule has 0 aliphatic heterocycles. The molecule has 0 aliphatic rings. The zero-order valence-electron chi connectivity index (χ0n) is 9.56. The summed E-state index contributed by atoms with van der Waals surface area (Å²) in [6.07, 6.45) is 0.394. The fraction of sp³-hybridized carbons (Fsp3) is 0.385. The number of ketones is 1. The number of carbonyl (C=O) groups excluding carboxylic acids is 1. The fourth-order valence-corrected chi connectivity index (χ4v) is 1.12. The van der Waals surface area contributed by atoms with E-state index >= 15 is 0 Å². The van der Waals surface area contributed by atoms with Crippen molar-refractivity contribution in [3.63, 3.8) is 0 Å². The smallest absolute Gasteiger partial charge is 0.172 e. The third kappa shape index (κ3) is 3.74. The first-order valence-corrected chi connectivity index (χ1v) is 5.25. The van der Waals surface area contributed by atoms with Gasteiger partial charge in [0.25, 0.3) is 0 Å². The van der Waals surface area contributed by atoms with Gasteiger partial charge in [-0.25, -0.2) is 0 Å². The van der Waals surface area contributed by atoms with Crippen LogP contribution in [-0.2, 0) is 11.2 Å². The normalized spacial score (nSPS) is 9.88. The monoisotopic (exact) mass is 217 g/mol. The van der Waals surface area contributed by atoms with E-state index in [1.54, 1.807) is 12.1 Å². The van der Waals surface area contributed by atoms with Crippen LogP contribution in [0.15, 0.2) is 24.3 Å². The van der Waals surface area contributed by atoms with Gasteiger partial charge in [-0.2, -0.15) is 5.26 Å². The zero-order valence-corrected chi connectivity index (χ0v) is 9.56. The molecule has 0 amide bonds. The maximum absolute atomic E-state index is 11.3. The topological polar surface area (TPSA) is 50.1 Å². The highest BCUT2D eigenvalue weighted by Gasteiger charge is 2.07. The Morgan fingerprint density at radius 1 is 1.38 bits per heavy atom. The Morgan fingerprint density at radius 2 is 2.00 bits per heavy atom. The lowest BCUT2D eigenvalue weighted by atomic mass is 10.1. The van der Waals surface area contributed by atoms with Crippen LogP contribution >= 0.6 is 0 Å². The largest absolute Gasteiger partial charge is 0.486 e. The van der Waals surface area contributed by atoms with Gasteiger partial charge in [0, 0.05) is 5.92 Å². The first kappa shape index (κ1) is 12.3. The van der Waals surface area contributed by atoms with Crippen LogP contribution in [0.4, 0.5) is 0 Å². The second kappa shape index (κ2) is 5.92. The summed E-state index contributed by atoms with van der Waals surface area (Å²) in [7, 11) is 0. The van der Waals surface area contributed by atoms with Crippen LogP contribution in [0.5, 0.6) is 5.75 Å². The third-order valence-electron chi connectivity index (χ3n) is 2.23. The van der Waals surface area contributed by atoms with Gasteiger partial charge in [0.2, 0.25) is 0 Å². The Labute approximate surface area is 95.7 Å².